The number of benzene rings is 1. The van der Waals surface area contributed by atoms with Crippen LogP contribution in [-0.4, -0.2) is 20.6 Å². The number of nitrogen functional groups attached to an aromatic ring is 1. The summed E-state index contributed by atoms with van der Waals surface area (Å²) < 4.78 is 34.9. The molecule has 1 aromatic carbocycles. The van der Waals surface area contributed by atoms with Crippen molar-refractivity contribution in [2.75, 3.05) is 5.73 Å². The summed E-state index contributed by atoms with van der Waals surface area (Å²) in [5.41, 5.74) is 8.13. The molecule has 2 aromatic heterocycles. The number of aromatic nitrogens is 2. The molecule has 0 saturated carbocycles. The highest BCUT2D eigenvalue weighted by Crippen LogP contribution is 2.44. The molecule has 1 aliphatic carbocycles. The molecule has 3 atom stereocenters. The zero-order valence-electron chi connectivity index (χ0n) is 13.7. The molecular weight excluding hydrogens is 328 g/mol. The zero-order valence-corrected chi connectivity index (χ0v) is 13.7. The number of ether oxygens (including phenoxy) is 1. The van der Waals surface area contributed by atoms with Crippen molar-refractivity contribution in [2.45, 2.75) is 32.0 Å². The number of hydrogen-bond acceptors (Lipinski definition) is 4. The van der Waals surface area contributed by atoms with E-state index in [2.05, 4.69) is 4.98 Å². The van der Waals surface area contributed by atoms with E-state index >= 15 is 0 Å². The number of aryl methyl sites for hydroxylation is 1. The van der Waals surface area contributed by atoms with Gasteiger partial charge in [-0.1, -0.05) is 6.92 Å². The van der Waals surface area contributed by atoms with Crippen LogP contribution >= 0.6 is 0 Å². The summed E-state index contributed by atoms with van der Waals surface area (Å²) in [4.78, 5) is 4.38. The van der Waals surface area contributed by atoms with Gasteiger partial charge in [-0.25, -0.2) is 13.8 Å². The second kappa shape index (κ2) is 5.42. The highest BCUT2D eigenvalue weighted by atomic mass is 19.2. The number of pyridine rings is 1. The van der Waals surface area contributed by atoms with E-state index in [-0.39, 0.29) is 5.92 Å². The van der Waals surface area contributed by atoms with Crippen LogP contribution in [0.1, 0.15) is 35.8 Å². The highest BCUT2D eigenvalue weighted by molar-refractivity contribution is 5.61. The van der Waals surface area contributed by atoms with Crippen molar-refractivity contribution >= 4 is 11.5 Å². The highest BCUT2D eigenvalue weighted by Gasteiger charge is 2.40. The van der Waals surface area contributed by atoms with Gasteiger partial charge in [0.1, 0.15) is 11.9 Å². The predicted molar refractivity (Wildman–Crippen MR) is 88.5 cm³/mol. The molecule has 7 heteroatoms. The monoisotopic (exact) mass is 345 g/mol. The Morgan fingerprint density at radius 1 is 1.24 bits per heavy atom. The van der Waals surface area contributed by atoms with Crippen LogP contribution in [0, 0.1) is 18.6 Å². The molecule has 0 saturated heterocycles. The number of nitrogens with zero attached hydrogens (tertiary/aromatic N) is 2. The topological polar surface area (TPSA) is 72.8 Å². The second-order valence-corrected chi connectivity index (χ2v) is 6.36. The van der Waals surface area contributed by atoms with Gasteiger partial charge in [0, 0.05) is 17.7 Å². The first-order valence-corrected chi connectivity index (χ1v) is 7.95. The average molecular weight is 345 g/mol. The van der Waals surface area contributed by atoms with Gasteiger partial charge < -0.3 is 15.6 Å². The SMILES string of the molecule is Cc1nc2c(OC3c4cc(F)c(F)cc4C(C)C3O)cccn2c1N. The van der Waals surface area contributed by atoms with E-state index in [1.165, 1.54) is 0 Å². The minimum Gasteiger partial charge on any atom is -0.479 e. The van der Waals surface area contributed by atoms with Crippen molar-refractivity contribution in [2.24, 2.45) is 0 Å². The molecule has 0 aliphatic heterocycles. The Morgan fingerprint density at radius 3 is 2.64 bits per heavy atom. The van der Waals surface area contributed by atoms with Gasteiger partial charge in [-0.2, -0.15) is 0 Å². The standard InChI is InChI=1S/C18H17F2N3O2/c1-8-10-6-12(19)13(20)7-11(10)16(15(8)24)25-14-4-3-5-23-17(21)9(2)22-18(14)23/h3-8,15-16,24H,21H2,1-2H3. The molecule has 5 nitrogen and oxygen atoms in total. The van der Waals surface area contributed by atoms with E-state index in [9.17, 15) is 13.9 Å². The maximum atomic E-state index is 13.7. The van der Waals surface area contributed by atoms with Gasteiger partial charge in [-0.15, -0.1) is 0 Å². The van der Waals surface area contributed by atoms with E-state index in [1.54, 1.807) is 36.6 Å². The Labute approximate surface area is 142 Å². The number of aliphatic hydroxyl groups is 1. The number of nitrogens with two attached hydrogens (primary N) is 1. The number of hydrogen-bond donors (Lipinski definition) is 2. The maximum Gasteiger partial charge on any atom is 0.181 e. The molecule has 3 N–H and O–H groups in total. The average Bonchev–Trinajstić information content (AvgIpc) is 2.99. The van der Waals surface area contributed by atoms with Crippen LogP contribution in [0.25, 0.3) is 5.65 Å². The number of fused-ring (bicyclic) bond motifs is 2. The lowest BCUT2D eigenvalue weighted by atomic mass is 10.0. The normalized spacial score (nSPS) is 22.4. The summed E-state index contributed by atoms with van der Waals surface area (Å²) >= 11 is 0. The van der Waals surface area contributed by atoms with Gasteiger partial charge in [0.25, 0.3) is 0 Å². The molecule has 2 heterocycles. The first kappa shape index (κ1) is 15.8. The molecule has 25 heavy (non-hydrogen) atoms. The lowest BCUT2D eigenvalue weighted by molar-refractivity contribution is 0.0367. The molecular formula is C18H17F2N3O2. The van der Waals surface area contributed by atoms with Crippen LogP contribution in [0.4, 0.5) is 14.6 Å². The Kier molecular flexibility index (Phi) is 3.43. The van der Waals surface area contributed by atoms with Crippen LogP contribution in [0.2, 0.25) is 0 Å². The summed E-state index contributed by atoms with van der Waals surface area (Å²) in [6, 6.07) is 5.67. The lowest BCUT2D eigenvalue weighted by Gasteiger charge is -2.20. The molecule has 0 spiro atoms. The summed E-state index contributed by atoms with van der Waals surface area (Å²) in [7, 11) is 0. The largest absolute Gasteiger partial charge is 0.479 e. The molecule has 3 aromatic rings. The Bertz CT molecular complexity index is 986. The Balaban J connectivity index is 1.80. The van der Waals surface area contributed by atoms with E-state index in [1.807, 2.05) is 0 Å². The van der Waals surface area contributed by atoms with Crippen LogP contribution < -0.4 is 10.5 Å². The first-order valence-electron chi connectivity index (χ1n) is 7.95. The molecule has 0 radical (unpaired) electrons. The summed E-state index contributed by atoms with van der Waals surface area (Å²) in [6.07, 6.45) is 0.0169. The van der Waals surface area contributed by atoms with Crippen molar-refractivity contribution in [3.63, 3.8) is 0 Å². The number of aliphatic hydroxyl groups excluding tert-OH is 1. The first-order chi connectivity index (χ1) is 11.9. The molecule has 0 fully saturated rings. The van der Waals surface area contributed by atoms with Crippen LogP contribution in [-0.2, 0) is 0 Å². The quantitative estimate of drug-likeness (QED) is 0.749. The predicted octanol–water partition coefficient (Wildman–Crippen LogP) is 3.10. The van der Waals surface area contributed by atoms with E-state index in [4.69, 9.17) is 10.5 Å². The number of rotatable bonds is 2. The third kappa shape index (κ3) is 2.26. The molecule has 1 aliphatic rings. The van der Waals surface area contributed by atoms with E-state index < -0.39 is 23.8 Å². The number of halogens is 2. The molecule has 130 valence electrons. The van der Waals surface area contributed by atoms with Crippen LogP contribution in [0.5, 0.6) is 5.75 Å². The van der Waals surface area contributed by atoms with Crippen molar-refractivity contribution in [3.05, 3.63) is 58.9 Å². The molecule has 4 rings (SSSR count). The minimum absolute atomic E-state index is 0.374. The Morgan fingerprint density at radius 2 is 1.92 bits per heavy atom. The van der Waals surface area contributed by atoms with E-state index in [0.29, 0.717) is 34.0 Å². The fourth-order valence-electron chi connectivity index (χ4n) is 3.38. The summed E-state index contributed by atoms with van der Waals surface area (Å²) in [5.74, 6) is -1.36. The van der Waals surface area contributed by atoms with Crippen molar-refractivity contribution in [1.29, 1.82) is 0 Å². The molecule has 3 unspecified atom stereocenters. The van der Waals surface area contributed by atoms with Crippen molar-refractivity contribution < 1.29 is 18.6 Å². The maximum absolute atomic E-state index is 13.7. The van der Waals surface area contributed by atoms with Crippen LogP contribution in [0.3, 0.4) is 0 Å². The van der Waals surface area contributed by atoms with Crippen molar-refractivity contribution in [3.8, 4) is 5.75 Å². The fraction of sp³-hybridized carbons (Fsp3) is 0.278. The smallest absolute Gasteiger partial charge is 0.181 e. The number of anilines is 1. The number of imidazole rings is 1. The third-order valence-electron chi connectivity index (χ3n) is 4.83. The molecule has 0 amide bonds. The minimum atomic E-state index is -0.965. The molecule has 0 bridgehead atoms. The third-order valence-corrected chi connectivity index (χ3v) is 4.83. The van der Waals surface area contributed by atoms with E-state index in [0.717, 1.165) is 12.1 Å². The van der Waals surface area contributed by atoms with Gasteiger partial charge in [-0.05, 0) is 36.8 Å². The van der Waals surface area contributed by atoms with Gasteiger partial charge >= 0.3 is 0 Å². The van der Waals surface area contributed by atoms with Gasteiger partial charge in [0.15, 0.2) is 29.1 Å². The van der Waals surface area contributed by atoms with Crippen molar-refractivity contribution in [1.82, 2.24) is 9.38 Å². The summed E-state index contributed by atoms with van der Waals surface area (Å²) in [6.45, 7) is 3.54. The van der Waals surface area contributed by atoms with Gasteiger partial charge in [-0.3, -0.25) is 4.40 Å². The van der Waals surface area contributed by atoms with Crippen LogP contribution in [0.15, 0.2) is 30.5 Å². The Hall–Kier alpha value is -2.67. The second-order valence-electron chi connectivity index (χ2n) is 6.36. The lowest BCUT2D eigenvalue weighted by Crippen LogP contribution is -2.21. The van der Waals surface area contributed by atoms with Gasteiger partial charge in [0.05, 0.1) is 5.69 Å². The fourth-order valence-corrected chi connectivity index (χ4v) is 3.38. The zero-order chi connectivity index (χ0) is 17.9. The summed E-state index contributed by atoms with van der Waals surface area (Å²) in [5, 5.41) is 10.5. The van der Waals surface area contributed by atoms with Gasteiger partial charge in [0.2, 0.25) is 0 Å².